The van der Waals surface area contributed by atoms with Gasteiger partial charge in [-0.2, -0.15) is 5.26 Å². The van der Waals surface area contributed by atoms with Crippen molar-refractivity contribution in [3.8, 4) is 6.07 Å². The molecule has 0 aromatic heterocycles. The Morgan fingerprint density at radius 2 is 1.76 bits per heavy atom. The molecule has 2 fully saturated rings. The van der Waals surface area contributed by atoms with E-state index in [2.05, 4.69) is 23.1 Å². The third-order valence-electron chi connectivity index (χ3n) is 6.34. The van der Waals surface area contributed by atoms with Gasteiger partial charge in [0.2, 0.25) is 0 Å². The van der Waals surface area contributed by atoms with Crippen LogP contribution in [0.1, 0.15) is 82.8 Å². The molecule has 1 aliphatic heterocycles. The Morgan fingerprint density at radius 1 is 1.17 bits per heavy atom. The molecule has 0 unspecified atom stereocenters. The van der Waals surface area contributed by atoms with Gasteiger partial charge in [-0.15, -0.1) is 0 Å². The van der Waals surface area contributed by atoms with E-state index in [0.29, 0.717) is 30.4 Å². The molecule has 0 amide bonds. The number of benzene rings is 1. The summed E-state index contributed by atoms with van der Waals surface area (Å²) < 4.78 is 5.39. The molecular weight excluding hydrogens is 364 g/mol. The lowest BCUT2D eigenvalue weighted by atomic mass is 9.78. The number of ether oxygens (including phenoxy) is 1. The molecule has 1 aromatic rings. The first-order valence-electron chi connectivity index (χ1n) is 10.9. The van der Waals surface area contributed by atoms with Crippen LogP contribution in [0.2, 0.25) is 0 Å². The molecule has 3 rings (SSSR count). The Bertz CT molecular complexity index is 729. The second kappa shape index (κ2) is 8.85. The average Bonchev–Trinajstić information content (AvgIpc) is 2.67. The van der Waals surface area contributed by atoms with Gasteiger partial charge in [-0.05, 0) is 96.0 Å². The number of likely N-dealkylation sites (tertiary alicyclic amines) is 1. The first-order chi connectivity index (χ1) is 13.7. The molecule has 158 valence electrons. The van der Waals surface area contributed by atoms with E-state index in [1.54, 1.807) is 0 Å². The standard InChI is InChI=1S/C24H34N2O3/c1-23(2,3)29-22(27)16-24(28)12-8-21(9-13-24)26-14-10-20(11-15-26)19-6-4-18(17-25)5-7-19/h4-7,20-21,28H,8-16H2,1-3H3. The lowest BCUT2D eigenvalue weighted by molar-refractivity contribution is -0.162. The molecule has 5 nitrogen and oxygen atoms in total. The van der Waals surface area contributed by atoms with Gasteiger partial charge in [0.1, 0.15) is 5.60 Å². The number of aliphatic hydroxyl groups is 1. The van der Waals surface area contributed by atoms with Crippen LogP contribution in [0.25, 0.3) is 0 Å². The van der Waals surface area contributed by atoms with E-state index >= 15 is 0 Å². The first kappa shape index (κ1) is 21.8. The molecule has 0 spiro atoms. The summed E-state index contributed by atoms with van der Waals surface area (Å²) in [6.07, 6.45) is 5.54. The monoisotopic (exact) mass is 398 g/mol. The highest BCUT2D eigenvalue weighted by atomic mass is 16.6. The van der Waals surface area contributed by atoms with Gasteiger partial charge < -0.3 is 14.7 Å². The van der Waals surface area contributed by atoms with Crippen LogP contribution >= 0.6 is 0 Å². The predicted octanol–water partition coefficient (Wildman–Crippen LogP) is 4.14. The van der Waals surface area contributed by atoms with Crippen molar-refractivity contribution in [1.29, 1.82) is 5.26 Å². The summed E-state index contributed by atoms with van der Waals surface area (Å²) in [4.78, 5) is 14.7. The van der Waals surface area contributed by atoms with Gasteiger partial charge in [-0.25, -0.2) is 0 Å². The number of piperidine rings is 1. The van der Waals surface area contributed by atoms with Crippen molar-refractivity contribution in [1.82, 2.24) is 4.90 Å². The van der Waals surface area contributed by atoms with Crippen LogP contribution in [0, 0.1) is 11.3 Å². The highest BCUT2D eigenvalue weighted by Gasteiger charge is 2.38. The first-order valence-corrected chi connectivity index (χ1v) is 10.9. The SMILES string of the molecule is CC(C)(C)OC(=O)CC1(O)CCC(N2CCC(c3ccc(C#N)cc3)CC2)CC1. The van der Waals surface area contributed by atoms with E-state index in [1.807, 2.05) is 32.9 Å². The van der Waals surface area contributed by atoms with Crippen molar-refractivity contribution in [2.75, 3.05) is 13.1 Å². The van der Waals surface area contributed by atoms with Gasteiger partial charge in [0.25, 0.3) is 0 Å². The molecule has 1 heterocycles. The minimum Gasteiger partial charge on any atom is -0.460 e. The Kier molecular flexibility index (Phi) is 6.65. The van der Waals surface area contributed by atoms with Crippen molar-refractivity contribution >= 4 is 5.97 Å². The normalized spacial score (nSPS) is 26.7. The average molecular weight is 399 g/mol. The Balaban J connectivity index is 1.46. The largest absolute Gasteiger partial charge is 0.460 e. The maximum Gasteiger partial charge on any atom is 0.309 e. The summed E-state index contributed by atoms with van der Waals surface area (Å²) in [6.45, 7) is 7.70. The molecule has 5 heteroatoms. The third kappa shape index (κ3) is 6.04. The fourth-order valence-corrected chi connectivity index (χ4v) is 4.76. The maximum absolute atomic E-state index is 12.1. The summed E-state index contributed by atoms with van der Waals surface area (Å²) in [5.41, 5.74) is 0.620. The molecule has 2 aliphatic rings. The summed E-state index contributed by atoms with van der Waals surface area (Å²) in [7, 11) is 0. The van der Waals surface area contributed by atoms with Crippen molar-refractivity contribution in [3.05, 3.63) is 35.4 Å². The summed E-state index contributed by atoms with van der Waals surface area (Å²) in [5.74, 6) is 0.258. The Morgan fingerprint density at radius 3 is 2.28 bits per heavy atom. The molecule has 1 saturated carbocycles. The van der Waals surface area contributed by atoms with Crippen LogP contribution in [0.3, 0.4) is 0 Å². The minimum atomic E-state index is -0.917. The molecule has 0 radical (unpaired) electrons. The quantitative estimate of drug-likeness (QED) is 0.772. The van der Waals surface area contributed by atoms with Crippen LogP contribution in [0.5, 0.6) is 0 Å². The zero-order chi connectivity index (χ0) is 21.1. The van der Waals surface area contributed by atoms with Gasteiger partial charge in [-0.3, -0.25) is 4.79 Å². The highest BCUT2D eigenvalue weighted by molar-refractivity contribution is 5.71. The predicted molar refractivity (Wildman–Crippen MR) is 112 cm³/mol. The van der Waals surface area contributed by atoms with Crippen LogP contribution in [-0.2, 0) is 9.53 Å². The van der Waals surface area contributed by atoms with Gasteiger partial charge in [-0.1, -0.05) is 12.1 Å². The van der Waals surface area contributed by atoms with Crippen molar-refractivity contribution in [2.45, 2.75) is 88.9 Å². The molecule has 1 aliphatic carbocycles. The summed E-state index contributed by atoms with van der Waals surface area (Å²) in [5, 5.41) is 19.8. The molecule has 0 atom stereocenters. The lowest BCUT2D eigenvalue weighted by Gasteiger charge is -2.43. The second-order valence-electron chi connectivity index (χ2n) is 9.76. The van der Waals surface area contributed by atoms with E-state index in [1.165, 1.54) is 5.56 Å². The molecule has 1 saturated heterocycles. The van der Waals surface area contributed by atoms with E-state index in [4.69, 9.17) is 10.00 Å². The van der Waals surface area contributed by atoms with Crippen LogP contribution < -0.4 is 0 Å². The topological polar surface area (TPSA) is 73.6 Å². The molecule has 0 bridgehead atoms. The van der Waals surface area contributed by atoms with Crippen molar-refractivity contribution in [3.63, 3.8) is 0 Å². The zero-order valence-corrected chi connectivity index (χ0v) is 18.0. The van der Waals surface area contributed by atoms with Gasteiger partial charge in [0, 0.05) is 6.04 Å². The smallest absolute Gasteiger partial charge is 0.309 e. The molecule has 1 aromatic carbocycles. The number of nitriles is 1. The molecular formula is C24H34N2O3. The number of nitrogens with zero attached hydrogens (tertiary/aromatic N) is 2. The number of hydrogen-bond acceptors (Lipinski definition) is 5. The van der Waals surface area contributed by atoms with Crippen molar-refractivity contribution in [2.24, 2.45) is 0 Å². The van der Waals surface area contributed by atoms with Gasteiger partial charge in [0.05, 0.1) is 23.7 Å². The Labute approximate surface area is 174 Å². The van der Waals surface area contributed by atoms with E-state index < -0.39 is 11.2 Å². The van der Waals surface area contributed by atoms with E-state index in [9.17, 15) is 9.90 Å². The summed E-state index contributed by atoms with van der Waals surface area (Å²) >= 11 is 0. The van der Waals surface area contributed by atoms with Crippen LogP contribution in [0.15, 0.2) is 24.3 Å². The van der Waals surface area contributed by atoms with Crippen LogP contribution in [-0.4, -0.2) is 46.3 Å². The number of esters is 1. The lowest BCUT2D eigenvalue weighted by Crippen LogP contribution is -2.47. The summed E-state index contributed by atoms with van der Waals surface area (Å²) in [6, 6.07) is 10.7. The fraction of sp³-hybridized carbons (Fsp3) is 0.667. The van der Waals surface area contributed by atoms with Crippen LogP contribution in [0.4, 0.5) is 0 Å². The number of carbonyl (C=O) groups is 1. The molecule has 29 heavy (non-hydrogen) atoms. The van der Waals surface area contributed by atoms with Gasteiger partial charge in [0.15, 0.2) is 0 Å². The van der Waals surface area contributed by atoms with E-state index in [-0.39, 0.29) is 12.4 Å². The zero-order valence-electron chi connectivity index (χ0n) is 18.0. The minimum absolute atomic E-state index is 0.0950. The third-order valence-corrected chi connectivity index (χ3v) is 6.34. The highest BCUT2D eigenvalue weighted by Crippen LogP contribution is 2.36. The molecule has 1 N–H and O–H groups in total. The van der Waals surface area contributed by atoms with E-state index in [0.717, 1.165) is 38.8 Å². The van der Waals surface area contributed by atoms with Crippen molar-refractivity contribution < 1.29 is 14.6 Å². The fourth-order valence-electron chi connectivity index (χ4n) is 4.76. The number of rotatable bonds is 4. The Hall–Kier alpha value is -1.90. The second-order valence-corrected chi connectivity index (χ2v) is 9.76. The number of hydrogen-bond donors (Lipinski definition) is 1. The maximum atomic E-state index is 12.1. The van der Waals surface area contributed by atoms with Gasteiger partial charge >= 0.3 is 5.97 Å². The number of carbonyl (C=O) groups excluding carboxylic acids is 1.